The van der Waals surface area contributed by atoms with Crippen molar-refractivity contribution in [3.63, 3.8) is 0 Å². The molecule has 0 saturated heterocycles. The number of carboxylic acid groups (broad SMARTS) is 2. The minimum atomic E-state index is -0.954. The van der Waals surface area contributed by atoms with Gasteiger partial charge in [0.25, 0.3) is 0 Å². The molecule has 0 rings (SSSR count). The van der Waals surface area contributed by atoms with E-state index < -0.39 is 18.0 Å². The smallest absolute Gasteiger partial charge is 0.330 e. The molecule has 0 aliphatic carbocycles. The van der Waals surface area contributed by atoms with E-state index in [0.29, 0.717) is 0 Å². The first-order chi connectivity index (χ1) is 14.8. The third kappa shape index (κ3) is 42.3. The normalized spacial score (nSPS) is 9.19. The maximum atomic E-state index is 9.60. The molecule has 0 amide bonds. The molecule has 0 bridgehead atoms. The van der Waals surface area contributed by atoms with E-state index in [9.17, 15) is 9.59 Å². The average molecular weight is 467 g/mol. The number of hydrogen-bond acceptors (Lipinski definition) is 7. The van der Waals surface area contributed by atoms with Crippen LogP contribution in [0.1, 0.15) is 55.4 Å². The number of hydrogen-bond donors (Lipinski definition) is 5. The minimum absolute atomic E-state index is 0.176. The molecule has 0 spiro atoms. The van der Waals surface area contributed by atoms with E-state index >= 15 is 0 Å². The molecule has 0 radical (unpaired) electrons. The number of carbonyl (C=O) groups is 2. The molecule has 0 unspecified atom stereocenters. The lowest BCUT2D eigenvalue weighted by atomic mass is 10.4. The Labute approximate surface area is 195 Å². The molecule has 0 heterocycles. The Kier molecular flexibility index (Phi) is 39.8. The van der Waals surface area contributed by atoms with Gasteiger partial charge in [-0.05, 0) is 53.1 Å². The lowest BCUT2D eigenvalue weighted by molar-refractivity contribution is -0.133. The van der Waals surface area contributed by atoms with E-state index in [0.717, 1.165) is 0 Å². The van der Waals surface area contributed by atoms with Gasteiger partial charge in [0.15, 0.2) is 0 Å². The van der Waals surface area contributed by atoms with Gasteiger partial charge < -0.3 is 35.3 Å². The van der Waals surface area contributed by atoms with Gasteiger partial charge in [-0.1, -0.05) is 54.7 Å². The van der Waals surface area contributed by atoms with Crippen LogP contribution < -0.4 is 0 Å². The van der Waals surface area contributed by atoms with Gasteiger partial charge in [0.2, 0.25) is 0 Å². The summed E-state index contributed by atoms with van der Waals surface area (Å²) < 4.78 is 0. The second kappa shape index (κ2) is 31.4. The van der Waals surface area contributed by atoms with Crippen LogP contribution in [-0.2, 0) is 9.59 Å². The molecule has 0 aliphatic heterocycles. The van der Waals surface area contributed by atoms with Crippen molar-refractivity contribution >= 4 is 11.9 Å². The molecule has 9 nitrogen and oxygen atoms in total. The lowest BCUT2D eigenvalue weighted by Crippen LogP contribution is -2.21. The first-order valence-electron chi connectivity index (χ1n) is 10.9. The SMILES string of the molecule is C=C(C)C(=O)O.C=C(C)C(=O)O.CCN(CC)CC.CCN(CC)CC.OCC(O)CO. The maximum absolute atomic E-state index is 9.60. The second-order valence-corrected chi connectivity index (χ2v) is 6.43. The van der Waals surface area contributed by atoms with E-state index in [1.807, 2.05) is 0 Å². The topological polar surface area (TPSA) is 142 Å². The minimum Gasteiger partial charge on any atom is -0.478 e. The van der Waals surface area contributed by atoms with Crippen LogP contribution in [0, 0.1) is 0 Å². The molecule has 0 fully saturated rings. The van der Waals surface area contributed by atoms with Crippen LogP contribution in [0.3, 0.4) is 0 Å². The Balaban J connectivity index is -0.0000000951. The fourth-order valence-corrected chi connectivity index (χ4v) is 1.40. The van der Waals surface area contributed by atoms with E-state index in [-0.39, 0.29) is 24.4 Å². The third-order valence-electron chi connectivity index (χ3n) is 3.83. The van der Waals surface area contributed by atoms with Gasteiger partial charge in [-0.3, -0.25) is 0 Å². The Morgan fingerprint density at radius 3 is 0.812 bits per heavy atom. The van der Waals surface area contributed by atoms with Crippen LogP contribution >= 0.6 is 0 Å². The van der Waals surface area contributed by atoms with E-state index in [1.165, 1.54) is 53.1 Å². The van der Waals surface area contributed by atoms with Crippen molar-refractivity contribution in [1.29, 1.82) is 0 Å². The van der Waals surface area contributed by atoms with Gasteiger partial charge in [0.1, 0.15) is 6.10 Å². The number of rotatable bonds is 10. The van der Waals surface area contributed by atoms with Crippen molar-refractivity contribution in [3.05, 3.63) is 24.3 Å². The van der Waals surface area contributed by atoms with E-state index in [1.54, 1.807) is 0 Å². The molecule has 0 aliphatic rings. The van der Waals surface area contributed by atoms with Crippen LogP contribution in [0.25, 0.3) is 0 Å². The fourth-order valence-electron chi connectivity index (χ4n) is 1.40. The first-order valence-corrected chi connectivity index (χ1v) is 10.9. The summed E-state index contributed by atoms with van der Waals surface area (Å²) >= 11 is 0. The van der Waals surface area contributed by atoms with Crippen molar-refractivity contribution in [2.75, 3.05) is 52.5 Å². The largest absolute Gasteiger partial charge is 0.478 e. The van der Waals surface area contributed by atoms with Crippen LogP contribution in [0.15, 0.2) is 24.3 Å². The van der Waals surface area contributed by atoms with Gasteiger partial charge in [0.05, 0.1) is 13.2 Å². The quantitative estimate of drug-likeness (QED) is 0.307. The molecule has 9 heteroatoms. The highest BCUT2D eigenvalue weighted by Gasteiger charge is 1.94. The van der Waals surface area contributed by atoms with Gasteiger partial charge in [-0.25, -0.2) is 9.59 Å². The molecule has 32 heavy (non-hydrogen) atoms. The standard InChI is InChI=1S/2C6H15N.2C4H6O2.C3H8O3/c2*1-4-7(5-2)6-3;2*1-3(2)4(5)6;4-1-3(6)2-5/h2*4-6H2,1-3H3;2*1H2,2H3,(H,5,6);3-6H,1-2H2. The van der Waals surface area contributed by atoms with Crippen molar-refractivity contribution in [1.82, 2.24) is 9.80 Å². The molecule has 0 atom stereocenters. The molecule has 5 N–H and O–H groups in total. The molecule has 0 aromatic heterocycles. The van der Waals surface area contributed by atoms with Crippen LogP contribution in [-0.4, -0.2) is 106 Å². The highest BCUT2D eigenvalue weighted by Crippen LogP contribution is 1.83. The lowest BCUT2D eigenvalue weighted by Gasteiger charge is -2.13. The van der Waals surface area contributed by atoms with Gasteiger partial charge >= 0.3 is 11.9 Å². The molecular weight excluding hydrogens is 416 g/mol. The van der Waals surface area contributed by atoms with Gasteiger partial charge in [0, 0.05) is 11.1 Å². The second-order valence-electron chi connectivity index (χ2n) is 6.43. The zero-order valence-corrected chi connectivity index (χ0v) is 21.6. The van der Waals surface area contributed by atoms with Crippen molar-refractivity contribution < 1.29 is 35.1 Å². The summed E-state index contributed by atoms with van der Waals surface area (Å²) in [5.41, 5.74) is 0.352. The highest BCUT2D eigenvalue weighted by atomic mass is 16.4. The summed E-state index contributed by atoms with van der Waals surface area (Å²) in [6.45, 7) is 28.7. The Hall–Kier alpha value is -1.78. The van der Waals surface area contributed by atoms with E-state index in [2.05, 4.69) is 64.5 Å². The summed E-state index contributed by atoms with van der Waals surface area (Å²) in [6, 6.07) is 0. The van der Waals surface area contributed by atoms with E-state index in [4.69, 9.17) is 25.5 Å². The van der Waals surface area contributed by atoms with Crippen molar-refractivity contribution in [3.8, 4) is 0 Å². The molecule has 0 saturated carbocycles. The van der Waals surface area contributed by atoms with Crippen molar-refractivity contribution in [2.24, 2.45) is 0 Å². The number of aliphatic hydroxyl groups excluding tert-OH is 3. The zero-order chi connectivity index (χ0) is 26.7. The fraction of sp³-hybridized carbons (Fsp3) is 0.739. The average Bonchev–Trinajstić information content (AvgIpc) is 2.77. The Morgan fingerprint density at radius 2 is 0.812 bits per heavy atom. The summed E-state index contributed by atoms with van der Waals surface area (Å²) in [5.74, 6) is -1.87. The van der Waals surface area contributed by atoms with Gasteiger partial charge in [-0.2, -0.15) is 0 Å². The molecular formula is C23H50N2O7. The number of aliphatic hydroxyl groups is 3. The summed E-state index contributed by atoms with van der Waals surface area (Å²) in [6.07, 6.45) is -0.954. The highest BCUT2D eigenvalue weighted by molar-refractivity contribution is 5.85. The zero-order valence-electron chi connectivity index (χ0n) is 21.6. The van der Waals surface area contributed by atoms with Crippen molar-refractivity contribution in [2.45, 2.75) is 61.5 Å². The van der Waals surface area contributed by atoms with Crippen LogP contribution in [0.4, 0.5) is 0 Å². The molecule has 194 valence electrons. The molecule has 0 aromatic carbocycles. The predicted molar refractivity (Wildman–Crippen MR) is 132 cm³/mol. The number of nitrogens with zero attached hydrogens (tertiary/aromatic N) is 2. The summed E-state index contributed by atoms with van der Waals surface area (Å²) in [5, 5.41) is 39.8. The number of aliphatic carboxylic acids is 2. The summed E-state index contributed by atoms with van der Waals surface area (Å²) in [7, 11) is 0. The Bertz CT molecular complexity index is 375. The maximum Gasteiger partial charge on any atom is 0.330 e. The van der Waals surface area contributed by atoms with Crippen LogP contribution in [0.5, 0.6) is 0 Å². The molecule has 0 aromatic rings. The third-order valence-corrected chi connectivity index (χ3v) is 3.83. The number of carboxylic acids is 2. The monoisotopic (exact) mass is 466 g/mol. The Morgan fingerprint density at radius 1 is 0.656 bits per heavy atom. The first kappa shape index (κ1) is 40.6. The summed E-state index contributed by atoms with van der Waals surface area (Å²) in [4.78, 5) is 23.9. The predicted octanol–water partition coefficient (Wildman–Crippen LogP) is 2.32. The van der Waals surface area contributed by atoms with Gasteiger partial charge in [-0.15, -0.1) is 0 Å². The van der Waals surface area contributed by atoms with Crippen LogP contribution in [0.2, 0.25) is 0 Å².